The molecule has 2 aromatic carbocycles. The first kappa shape index (κ1) is 29.6. The van der Waals surface area contributed by atoms with Gasteiger partial charge in [-0.25, -0.2) is 9.59 Å². The summed E-state index contributed by atoms with van der Waals surface area (Å²) in [5, 5.41) is 12.2. The highest BCUT2D eigenvalue weighted by Crippen LogP contribution is 2.48. The summed E-state index contributed by atoms with van der Waals surface area (Å²) in [6.45, 7) is 8.28. The van der Waals surface area contributed by atoms with Crippen molar-refractivity contribution in [1.82, 2.24) is 0 Å². The van der Waals surface area contributed by atoms with E-state index in [0.717, 1.165) is 18.5 Å². The van der Waals surface area contributed by atoms with Gasteiger partial charge in [0.25, 0.3) is 5.69 Å². The number of hydrogen-bond acceptors (Lipinski definition) is 7. The maximum Gasteiger partial charge on any atom is 0.336 e. The highest BCUT2D eigenvalue weighted by molar-refractivity contribution is 6.02. The van der Waals surface area contributed by atoms with Crippen molar-refractivity contribution in [2.24, 2.45) is 0 Å². The summed E-state index contributed by atoms with van der Waals surface area (Å²) < 4.78 is 11.4. The highest BCUT2D eigenvalue weighted by Gasteiger charge is 2.44. The van der Waals surface area contributed by atoms with Gasteiger partial charge in [0.05, 0.1) is 35.2 Å². The number of ether oxygens (including phenoxy) is 2. The standard InChI is InChI=1S/C31H38N2O6/c1-5-9-20-38-30(34)28-24(7-3)32(22-16-12-11-13-17-22)25(8-4)29(31(35)39-21-10-6-2)27(28)23-18-14-15-19-26(23)33(36)37/h11-19,27H,5-10,20-21H2,1-4H3. The molecule has 0 radical (unpaired) electrons. The molecule has 0 N–H and O–H groups in total. The van der Waals surface area contributed by atoms with E-state index in [1.807, 2.05) is 62.9 Å². The van der Waals surface area contributed by atoms with E-state index in [9.17, 15) is 19.7 Å². The third kappa shape index (κ3) is 6.56. The number of nitro benzene ring substituents is 1. The van der Waals surface area contributed by atoms with Gasteiger partial charge < -0.3 is 14.4 Å². The van der Waals surface area contributed by atoms with Crippen LogP contribution in [0.2, 0.25) is 0 Å². The van der Waals surface area contributed by atoms with Gasteiger partial charge in [-0.15, -0.1) is 0 Å². The Morgan fingerprint density at radius 2 is 1.28 bits per heavy atom. The number of anilines is 1. The largest absolute Gasteiger partial charge is 0.462 e. The van der Waals surface area contributed by atoms with E-state index in [2.05, 4.69) is 0 Å². The van der Waals surface area contributed by atoms with Crippen LogP contribution < -0.4 is 4.90 Å². The molecular formula is C31H38N2O6. The smallest absolute Gasteiger partial charge is 0.336 e. The molecule has 1 aliphatic heterocycles. The van der Waals surface area contributed by atoms with Crippen LogP contribution in [-0.2, 0) is 19.1 Å². The second-order valence-corrected chi connectivity index (χ2v) is 9.33. The number of esters is 2. The summed E-state index contributed by atoms with van der Waals surface area (Å²) in [5.74, 6) is -2.18. The summed E-state index contributed by atoms with van der Waals surface area (Å²) in [6.07, 6.45) is 3.91. The number of para-hydroxylation sites is 2. The van der Waals surface area contributed by atoms with Crippen LogP contribution in [0.1, 0.15) is 77.7 Å². The number of rotatable bonds is 13. The van der Waals surface area contributed by atoms with Crippen molar-refractivity contribution in [2.75, 3.05) is 18.1 Å². The van der Waals surface area contributed by atoms with Crippen molar-refractivity contribution in [3.05, 3.63) is 92.8 Å². The second-order valence-electron chi connectivity index (χ2n) is 9.33. The molecule has 0 amide bonds. The predicted octanol–water partition coefficient (Wildman–Crippen LogP) is 7.21. The van der Waals surface area contributed by atoms with Crippen LogP contribution in [0.5, 0.6) is 0 Å². The zero-order chi connectivity index (χ0) is 28.4. The van der Waals surface area contributed by atoms with Crippen LogP contribution in [0.3, 0.4) is 0 Å². The van der Waals surface area contributed by atoms with Gasteiger partial charge in [0.1, 0.15) is 0 Å². The molecule has 2 aromatic rings. The molecule has 0 saturated carbocycles. The van der Waals surface area contributed by atoms with Crippen molar-refractivity contribution in [2.45, 2.75) is 72.1 Å². The zero-order valence-corrected chi connectivity index (χ0v) is 23.3. The Bertz CT molecular complexity index is 1190. The lowest BCUT2D eigenvalue weighted by atomic mass is 9.77. The van der Waals surface area contributed by atoms with E-state index in [0.29, 0.717) is 37.1 Å². The van der Waals surface area contributed by atoms with E-state index in [-0.39, 0.29) is 35.6 Å². The summed E-state index contributed by atoms with van der Waals surface area (Å²) >= 11 is 0. The molecule has 39 heavy (non-hydrogen) atoms. The number of nitrogens with zero attached hydrogens (tertiary/aromatic N) is 2. The molecule has 208 valence electrons. The van der Waals surface area contributed by atoms with Crippen molar-refractivity contribution in [1.29, 1.82) is 0 Å². The maximum absolute atomic E-state index is 13.9. The first-order chi connectivity index (χ1) is 18.9. The van der Waals surface area contributed by atoms with E-state index >= 15 is 0 Å². The third-order valence-corrected chi connectivity index (χ3v) is 6.77. The fourth-order valence-electron chi connectivity index (χ4n) is 4.92. The van der Waals surface area contributed by atoms with Crippen LogP contribution >= 0.6 is 0 Å². The first-order valence-corrected chi connectivity index (χ1v) is 13.8. The molecule has 0 saturated heterocycles. The molecule has 0 atom stereocenters. The van der Waals surface area contributed by atoms with Gasteiger partial charge in [-0.05, 0) is 37.8 Å². The van der Waals surface area contributed by atoms with Gasteiger partial charge in [-0.1, -0.05) is 76.9 Å². The van der Waals surface area contributed by atoms with Gasteiger partial charge >= 0.3 is 11.9 Å². The monoisotopic (exact) mass is 534 g/mol. The Labute approximate surface area is 230 Å². The third-order valence-electron chi connectivity index (χ3n) is 6.77. The number of unbranched alkanes of at least 4 members (excludes halogenated alkanes) is 2. The van der Waals surface area contributed by atoms with Gasteiger partial charge in [-0.3, -0.25) is 10.1 Å². The Balaban J connectivity index is 2.39. The Kier molecular flexibility index (Phi) is 10.8. The molecule has 0 fully saturated rings. The summed E-state index contributed by atoms with van der Waals surface area (Å²) in [7, 11) is 0. The summed E-state index contributed by atoms with van der Waals surface area (Å²) in [4.78, 5) is 41.3. The first-order valence-electron chi connectivity index (χ1n) is 13.8. The molecule has 1 aliphatic rings. The number of nitro groups is 1. The van der Waals surface area contributed by atoms with E-state index in [4.69, 9.17) is 9.47 Å². The van der Waals surface area contributed by atoms with Crippen molar-refractivity contribution in [3.8, 4) is 0 Å². The zero-order valence-electron chi connectivity index (χ0n) is 23.3. The minimum atomic E-state index is -1.01. The number of benzene rings is 2. The normalized spacial score (nSPS) is 14.0. The molecule has 3 rings (SSSR count). The van der Waals surface area contributed by atoms with Crippen LogP contribution in [0.25, 0.3) is 0 Å². The summed E-state index contributed by atoms with van der Waals surface area (Å²) in [5.41, 5.74) is 2.62. The lowest BCUT2D eigenvalue weighted by Gasteiger charge is -2.39. The van der Waals surface area contributed by atoms with Crippen molar-refractivity contribution < 1.29 is 24.0 Å². The van der Waals surface area contributed by atoms with E-state index in [1.54, 1.807) is 18.2 Å². The summed E-state index contributed by atoms with van der Waals surface area (Å²) in [6, 6.07) is 15.8. The van der Waals surface area contributed by atoms with E-state index in [1.165, 1.54) is 6.07 Å². The quantitative estimate of drug-likeness (QED) is 0.116. The molecule has 0 bridgehead atoms. The van der Waals surface area contributed by atoms with Crippen LogP contribution in [-0.4, -0.2) is 30.1 Å². The van der Waals surface area contributed by atoms with Crippen molar-refractivity contribution in [3.63, 3.8) is 0 Å². The molecule has 1 heterocycles. The lowest BCUT2D eigenvalue weighted by molar-refractivity contribution is -0.385. The highest BCUT2D eigenvalue weighted by atomic mass is 16.6. The minimum Gasteiger partial charge on any atom is -0.462 e. The van der Waals surface area contributed by atoms with Crippen LogP contribution in [0, 0.1) is 10.1 Å². The number of carbonyl (C=O) groups excluding carboxylic acids is 2. The topological polar surface area (TPSA) is 99.0 Å². The van der Waals surface area contributed by atoms with Crippen LogP contribution in [0.4, 0.5) is 11.4 Å². The molecule has 0 aliphatic carbocycles. The van der Waals surface area contributed by atoms with Gasteiger partial charge in [-0.2, -0.15) is 0 Å². The molecular weight excluding hydrogens is 496 g/mol. The van der Waals surface area contributed by atoms with Crippen molar-refractivity contribution >= 4 is 23.3 Å². The molecule has 0 spiro atoms. The van der Waals surface area contributed by atoms with Gasteiger partial charge in [0, 0.05) is 28.7 Å². The second kappa shape index (κ2) is 14.3. The van der Waals surface area contributed by atoms with Gasteiger partial charge in [0.2, 0.25) is 0 Å². The fourth-order valence-corrected chi connectivity index (χ4v) is 4.92. The fraction of sp³-hybridized carbons (Fsp3) is 0.419. The Morgan fingerprint density at radius 3 is 1.74 bits per heavy atom. The van der Waals surface area contributed by atoms with Gasteiger partial charge in [0.15, 0.2) is 0 Å². The number of carbonyl (C=O) groups is 2. The average molecular weight is 535 g/mol. The molecule has 8 heteroatoms. The minimum absolute atomic E-state index is 0.167. The molecule has 8 nitrogen and oxygen atoms in total. The molecule has 0 aromatic heterocycles. The maximum atomic E-state index is 13.9. The average Bonchev–Trinajstić information content (AvgIpc) is 2.96. The van der Waals surface area contributed by atoms with E-state index < -0.39 is 22.8 Å². The molecule has 0 unspecified atom stereocenters. The van der Waals surface area contributed by atoms with Crippen LogP contribution in [0.15, 0.2) is 77.1 Å². The lowest BCUT2D eigenvalue weighted by Crippen LogP contribution is -2.37. The Hall–Kier alpha value is -3.94. The predicted molar refractivity (Wildman–Crippen MR) is 151 cm³/mol. The number of hydrogen-bond donors (Lipinski definition) is 0. The SMILES string of the molecule is CCCCOC(=O)C1=C(CC)N(c2ccccc2)C(CC)=C(C(=O)OCCCC)C1c1ccccc1[N+](=O)[O-]. The Morgan fingerprint density at radius 1 is 0.795 bits per heavy atom. The number of allylic oxidation sites excluding steroid dienone is 2.